The minimum absolute atomic E-state index is 0.218. The molecule has 0 saturated heterocycles. The van der Waals surface area contributed by atoms with Crippen LogP contribution in [0.1, 0.15) is 17.3 Å². The van der Waals surface area contributed by atoms with Crippen LogP contribution < -0.4 is 10.1 Å². The van der Waals surface area contributed by atoms with Gasteiger partial charge < -0.3 is 4.74 Å². The minimum atomic E-state index is -0.243. The SMILES string of the molecule is CCOc1n[nH]c(NC(=O)c2cccc(I)c2)n1. The summed E-state index contributed by atoms with van der Waals surface area (Å²) in [7, 11) is 0. The third-order valence-corrected chi connectivity index (χ3v) is 2.73. The van der Waals surface area contributed by atoms with Crippen molar-refractivity contribution in [1.82, 2.24) is 15.2 Å². The Balaban J connectivity index is 2.06. The molecule has 1 heterocycles. The molecule has 2 N–H and O–H groups in total. The van der Waals surface area contributed by atoms with Crippen LogP contribution in [-0.4, -0.2) is 27.7 Å². The predicted molar refractivity (Wildman–Crippen MR) is 74.7 cm³/mol. The molecule has 0 unspecified atom stereocenters. The van der Waals surface area contributed by atoms with E-state index in [1.165, 1.54) is 0 Å². The summed E-state index contributed by atoms with van der Waals surface area (Å²) in [6, 6.07) is 7.48. The van der Waals surface area contributed by atoms with Gasteiger partial charge in [0.2, 0.25) is 5.95 Å². The van der Waals surface area contributed by atoms with E-state index in [0.29, 0.717) is 12.2 Å². The summed E-state index contributed by atoms with van der Waals surface area (Å²) >= 11 is 2.15. The second-order valence-electron chi connectivity index (χ2n) is 3.36. The van der Waals surface area contributed by atoms with Gasteiger partial charge in [-0.3, -0.25) is 10.1 Å². The van der Waals surface area contributed by atoms with Gasteiger partial charge in [-0.2, -0.15) is 4.98 Å². The number of carbonyl (C=O) groups is 1. The number of carbonyl (C=O) groups excluding carboxylic acids is 1. The number of nitrogens with zero attached hydrogens (tertiary/aromatic N) is 2. The van der Waals surface area contributed by atoms with Crippen molar-refractivity contribution in [3.05, 3.63) is 33.4 Å². The van der Waals surface area contributed by atoms with E-state index < -0.39 is 0 Å². The molecular formula is C11H11IN4O2. The molecule has 0 aliphatic heterocycles. The average Bonchev–Trinajstić information content (AvgIpc) is 2.77. The number of ether oxygens (including phenoxy) is 1. The van der Waals surface area contributed by atoms with E-state index in [4.69, 9.17) is 4.74 Å². The van der Waals surface area contributed by atoms with Gasteiger partial charge in [0.1, 0.15) is 0 Å². The summed E-state index contributed by atoms with van der Waals surface area (Å²) < 4.78 is 6.08. The highest BCUT2D eigenvalue weighted by Crippen LogP contribution is 2.10. The molecule has 94 valence electrons. The fraction of sp³-hybridized carbons (Fsp3) is 0.182. The number of aromatic amines is 1. The number of hydrogen-bond acceptors (Lipinski definition) is 4. The lowest BCUT2D eigenvalue weighted by atomic mass is 10.2. The molecule has 2 aromatic rings. The molecule has 6 nitrogen and oxygen atoms in total. The van der Waals surface area contributed by atoms with Crippen LogP contribution in [-0.2, 0) is 0 Å². The van der Waals surface area contributed by atoms with Gasteiger partial charge in [-0.1, -0.05) is 6.07 Å². The number of benzene rings is 1. The van der Waals surface area contributed by atoms with Gasteiger partial charge in [0.05, 0.1) is 6.61 Å². The van der Waals surface area contributed by atoms with Gasteiger partial charge in [0, 0.05) is 9.13 Å². The van der Waals surface area contributed by atoms with E-state index in [1.54, 1.807) is 12.1 Å². The number of halogens is 1. The second-order valence-corrected chi connectivity index (χ2v) is 4.61. The quantitative estimate of drug-likeness (QED) is 0.820. The zero-order valence-corrected chi connectivity index (χ0v) is 11.8. The molecule has 18 heavy (non-hydrogen) atoms. The van der Waals surface area contributed by atoms with Crippen molar-refractivity contribution in [2.45, 2.75) is 6.92 Å². The van der Waals surface area contributed by atoms with E-state index in [2.05, 4.69) is 43.1 Å². The lowest BCUT2D eigenvalue weighted by molar-refractivity contribution is 0.102. The van der Waals surface area contributed by atoms with Crippen molar-refractivity contribution in [1.29, 1.82) is 0 Å². The van der Waals surface area contributed by atoms with E-state index in [1.807, 2.05) is 19.1 Å². The largest absolute Gasteiger partial charge is 0.463 e. The molecule has 1 amide bonds. The van der Waals surface area contributed by atoms with Crippen LogP contribution in [0.25, 0.3) is 0 Å². The summed E-state index contributed by atoms with van der Waals surface area (Å²) in [5.74, 6) is 0.0232. The predicted octanol–water partition coefficient (Wildman–Crippen LogP) is 2.06. The highest BCUT2D eigenvalue weighted by Gasteiger charge is 2.09. The first-order valence-corrected chi connectivity index (χ1v) is 6.39. The molecule has 0 bridgehead atoms. The number of nitrogens with one attached hydrogen (secondary N) is 2. The van der Waals surface area contributed by atoms with Crippen molar-refractivity contribution in [3.63, 3.8) is 0 Å². The van der Waals surface area contributed by atoms with Crippen LogP contribution in [0, 0.1) is 3.57 Å². The topological polar surface area (TPSA) is 79.9 Å². The standard InChI is InChI=1S/C11H11IN4O2/c1-2-18-11-14-10(15-16-11)13-9(17)7-4-3-5-8(12)6-7/h3-6H,2H2,1H3,(H2,13,14,15,16,17). The first kappa shape index (κ1) is 12.8. The number of amides is 1. The monoisotopic (exact) mass is 358 g/mol. The summed E-state index contributed by atoms with van der Waals surface area (Å²) in [5, 5.41) is 8.99. The van der Waals surface area contributed by atoms with Gasteiger partial charge in [-0.15, -0.1) is 5.10 Å². The summed E-state index contributed by atoms with van der Waals surface area (Å²) in [4.78, 5) is 15.9. The number of aromatic nitrogens is 3. The van der Waals surface area contributed by atoms with Crippen LogP contribution >= 0.6 is 22.6 Å². The van der Waals surface area contributed by atoms with E-state index in [-0.39, 0.29) is 17.9 Å². The second kappa shape index (κ2) is 5.80. The molecule has 7 heteroatoms. The smallest absolute Gasteiger partial charge is 0.337 e. The fourth-order valence-electron chi connectivity index (χ4n) is 1.31. The Morgan fingerprint density at radius 2 is 2.39 bits per heavy atom. The number of hydrogen-bond donors (Lipinski definition) is 2. The Hall–Kier alpha value is -1.64. The van der Waals surface area contributed by atoms with Crippen LogP contribution in [0.4, 0.5) is 5.95 Å². The highest BCUT2D eigenvalue weighted by molar-refractivity contribution is 14.1. The molecule has 0 fully saturated rings. The van der Waals surface area contributed by atoms with Gasteiger partial charge >= 0.3 is 6.01 Å². The number of rotatable bonds is 4. The van der Waals surface area contributed by atoms with E-state index >= 15 is 0 Å². The summed E-state index contributed by atoms with van der Waals surface area (Å²) in [6.45, 7) is 2.31. The van der Waals surface area contributed by atoms with Gasteiger partial charge in [-0.25, -0.2) is 5.10 Å². The normalized spacial score (nSPS) is 10.1. The van der Waals surface area contributed by atoms with Crippen molar-refractivity contribution >= 4 is 34.4 Å². The summed E-state index contributed by atoms with van der Waals surface area (Å²) in [5.41, 5.74) is 0.566. The molecule has 0 aliphatic rings. The van der Waals surface area contributed by atoms with Crippen LogP contribution in [0.2, 0.25) is 0 Å². The Kier molecular flexibility index (Phi) is 4.13. The zero-order chi connectivity index (χ0) is 13.0. The third-order valence-electron chi connectivity index (χ3n) is 2.06. The molecule has 2 rings (SSSR count). The maximum Gasteiger partial charge on any atom is 0.337 e. The molecule has 1 aromatic carbocycles. The van der Waals surface area contributed by atoms with Gasteiger partial charge in [-0.05, 0) is 47.7 Å². The van der Waals surface area contributed by atoms with Gasteiger partial charge in [0.15, 0.2) is 0 Å². The van der Waals surface area contributed by atoms with Gasteiger partial charge in [0.25, 0.3) is 5.91 Å². The maximum absolute atomic E-state index is 11.9. The number of anilines is 1. The van der Waals surface area contributed by atoms with Crippen LogP contribution in [0.3, 0.4) is 0 Å². The molecule has 0 aliphatic carbocycles. The lowest BCUT2D eigenvalue weighted by Gasteiger charge is -2.01. The lowest BCUT2D eigenvalue weighted by Crippen LogP contribution is -2.13. The Morgan fingerprint density at radius 1 is 1.56 bits per heavy atom. The molecule has 0 saturated carbocycles. The molecule has 1 aromatic heterocycles. The fourth-order valence-corrected chi connectivity index (χ4v) is 1.85. The molecule has 0 spiro atoms. The molecule has 0 atom stereocenters. The third kappa shape index (κ3) is 3.19. The Bertz CT molecular complexity index is 555. The number of H-pyrrole nitrogens is 1. The van der Waals surface area contributed by atoms with Crippen molar-refractivity contribution < 1.29 is 9.53 Å². The minimum Gasteiger partial charge on any atom is -0.463 e. The average molecular weight is 358 g/mol. The summed E-state index contributed by atoms with van der Waals surface area (Å²) in [6.07, 6.45) is 0. The highest BCUT2D eigenvalue weighted by atomic mass is 127. The molecule has 0 radical (unpaired) electrons. The first-order valence-electron chi connectivity index (χ1n) is 5.31. The zero-order valence-electron chi connectivity index (χ0n) is 9.61. The Morgan fingerprint density at radius 3 is 3.11 bits per heavy atom. The van der Waals surface area contributed by atoms with E-state index in [0.717, 1.165) is 3.57 Å². The maximum atomic E-state index is 11.9. The van der Waals surface area contributed by atoms with Crippen LogP contribution in [0.5, 0.6) is 6.01 Å². The van der Waals surface area contributed by atoms with E-state index in [9.17, 15) is 4.79 Å². The van der Waals surface area contributed by atoms with Crippen LogP contribution in [0.15, 0.2) is 24.3 Å². The van der Waals surface area contributed by atoms with Crippen molar-refractivity contribution in [3.8, 4) is 6.01 Å². The Labute approximate surface area is 117 Å². The van der Waals surface area contributed by atoms with Crippen molar-refractivity contribution in [2.24, 2.45) is 0 Å². The van der Waals surface area contributed by atoms with Crippen molar-refractivity contribution in [2.75, 3.05) is 11.9 Å². The first-order chi connectivity index (χ1) is 8.69. The molecular weight excluding hydrogens is 347 g/mol.